The first-order chi connectivity index (χ1) is 46.0. The van der Waals surface area contributed by atoms with Gasteiger partial charge in [-0.3, -0.25) is 14.2 Å². The van der Waals surface area contributed by atoms with Crippen molar-refractivity contribution in [3.8, 4) is 0 Å². The first kappa shape index (κ1) is 91.7. The Bertz CT molecular complexity index is 1770. The molecule has 0 saturated carbocycles. The van der Waals surface area contributed by atoms with Crippen LogP contribution < -0.4 is 4.89 Å². The van der Waals surface area contributed by atoms with Crippen molar-refractivity contribution in [3.63, 3.8) is 0 Å². The molecule has 0 heterocycles. The summed E-state index contributed by atoms with van der Waals surface area (Å²) < 4.78 is 34.4. The van der Waals surface area contributed by atoms with Crippen molar-refractivity contribution < 1.29 is 42.1 Å². The molecule has 0 amide bonds. The van der Waals surface area contributed by atoms with Crippen LogP contribution in [0.25, 0.3) is 0 Å². The standard InChI is InChI=1S/C84H158NO8P/c1-6-8-10-12-14-16-18-20-22-24-26-28-30-32-34-36-38-40-42-44-46-48-50-52-54-56-58-60-62-64-66-68-70-72-74-76-83(86)90-80-82(81-92-94(88,89)91-79-78-85(3,4)5)93-84(87)77-75-73-71-69-67-65-63-61-59-57-55-53-51-49-47-45-43-41-39-37-35-33-31-29-27-25-23-21-19-17-15-13-11-9-7-2/h9,11,15,17,21,23,27,29,33,35,82H,6-8,10,12-14,16,18-20,22,24-26,28,30-32,34,36-81H2,1-5H3/b11-9-,17-15-,23-21-,29-27-,35-33-. The lowest BCUT2D eigenvalue weighted by molar-refractivity contribution is -0.870. The minimum atomic E-state index is -4.64. The van der Waals surface area contributed by atoms with E-state index in [1.165, 1.54) is 315 Å². The number of carbonyl (C=O) groups excluding carboxylic acids is 2. The molecule has 2 unspecified atom stereocenters. The van der Waals surface area contributed by atoms with Gasteiger partial charge in [0, 0.05) is 12.8 Å². The Morgan fingerprint density at radius 3 is 0.904 bits per heavy atom. The molecular formula is C84H158NO8P. The highest BCUT2D eigenvalue weighted by Gasteiger charge is 2.22. The lowest BCUT2D eigenvalue weighted by atomic mass is 10.0. The maximum Gasteiger partial charge on any atom is 0.306 e. The van der Waals surface area contributed by atoms with Crippen molar-refractivity contribution in [2.75, 3.05) is 47.5 Å². The third-order valence-corrected chi connectivity index (χ3v) is 19.5. The van der Waals surface area contributed by atoms with Crippen molar-refractivity contribution in [1.82, 2.24) is 0 Å². The van der Waals surface area contributed by atoms with Gasteiger partial charge in [0.15, 0.2) is 6.10 Å². The highest BCUT2D eigenvalue weighted by atomic mass is 31.2. The minimum absolute atomic E-state index is 0.0285. The Hall–Kier alpha value is -2.29. The summed E-state index contributed by atoms with van der Waals surface area (Å²) in [6, 6.07) is 0. The number of allylic oxidation sites excluding steroid dienone is 10. The number of carbonyl (C=O) groups is 2. The largest absolute Gasteiger partial charge is 0.756 e. The number of quaternary nitrogens is 1. The fourth-order valence-electron chi connectivity index (χ4n) is 12.3. The first-order valence-corrected chi connectivity index (χ1v) is 42.5. The lowest BCUT2D eigenvalue weighted by Crippen LogP contribution is -2.37. The van der Waals surface area contributed by atoms with Crippen LogP contribution >= 0.6 is 7.82 Å². The van der Waals surface area contributed by atoms with Crippen molar-refractivity contribution in [1.29, 1.82) is 0 Å². The third-order valence-electron chi connectivity index (χ3n) is 18.6. The average molecular weight is 1340 g/mol. The second-order valence-electron chi connectivity index (χ2n) is 29.1. The van der Waals surface area contributed by atoms with Crippen LogP contribution in [0.3, 0.4) is 0 Å². The fourth-order valence-corrected chi connectivity index (χ4v) is 13.1. The van der Waals surface area contributed by atoms with Crippen LogP contribution in [0, 0.1) is 0 Å². The van der Waals surface area contributed by atoms with Gasteiger partial charge in [0.05, 0.1) is 27.7 Å². The number of phosphoric acid groups is 1. The summed E-state index contributed by atoms with van der Waals surface area (Å²) in [5, 5.41) is 0. The Morgan fingerprint density at radius 2 is 0.606 bits per heavy atom. The zero-order chi connectivity index (χ0) is 68.3. The van der Waals surface area contributed by atoms with Gasteiger partial charge in [0.25, 0.3) is 7.82 Å². The van der Waals surface area contributed by atoms with Crippen LogP contribution in [0.2, 0.25) is 0 Å². The quantitative estimate of drug-likeness (QED) is 0.0195. The van der Waals surface area contributed by atoms with Gasteiger partial charge in [-0.05, 0) is 57.8 Å². The maximum absolute atomic E-state index is 12.9. The normalized spacial score (nSPS) is 13.3. The smallest absolute Gasteiger partial charge is 0.306 e. The predicted octanol–water partition coefficient (Wildman–Crippen LogP) is 26.7. The summed E-state index contributed by atoms with van der Waals surface area (Å²) in [4.78, 5) is 38.2. The van der Waals surface area contributed by atoms with E-state index in [9.17, 15) is 19.0 Å². The molecule has 0 N–H and O–H groups in total. The highest BCUT2D eigenvalue weighted by molar-refractivity contribution is 7.45. The van der Waals surface area contributed by atoms with E-state index in [1.54, 1.807) is 0 Å². The second-order valence-corrected chi connectivity index (χ2v) is 30.5. The van der Waals surface area contributed by atoms with Gasteiger partial charge in [-0.25, -0.2) is 0 Å². The molecule has 0 spiro atoms. The number of phosphoric ester groups is 1. The lowest BCUT2D eigenvalue weighted by Gasteiger charge is -2.28. The Kier molecular flexibility index (Phi) is 73.1. The highest BCUT2D eigenvalue weighted by Crippen LogP contribution is 2.38. The molecule has 0 radical (unpaired) electrons. The summed E-state index contributed by atoms with van der Waals surface area (Å²) in [6.07, 6.45) is 101. The van der Waals surface area contributed by atoms with Crippen LogP contribution in [-0.2, 0) is 32.7 Å². The van der Waals surface area contributed by atoms with Gasteiger partial charge >= 0.3 is 11.9 Å². The maximum atomic E-state index is 12.9. The van der Waals surface area contributed by atoms with Crippen molar-refractivity contribution in [2.45, 2.75) is 418 Å². The number of hydrogen-bond acceptors (Lipinski definition) is 8. The molecule has 9 nitrogen and oxygen atoms in total. The number of nitrogens with zero attached hydrogens (tertiary/aromatic N) is 1. The zero-order valence-corrected chi connectivity index (χ0v) is 64.1. The van der Waals surface area contributed by atoms with E-state index in [0.29, 0.717) is 17.4 Å². The molecule has 2 atom stereocenters. The number of esters is 2. The van der Waals surface area contributed by atoms with Gasteiger partial charge in [-0.1, -0.05) is 402 Å². The van der Waals surface area contributed by atoms with E-state index < -0.39 is 26.5 Å². The molecule has 552 valence electrons. The minimum Gasteiger partial charge on any atom is -0.756 e. The molecule has 0 aromatic rings. The number of rotatable bonds is 77. The average Bonchev–Trinajstić information content (AvgIpc) is 1.68. The number of hydrogen-bond donors (Lipinski definition) is 0. The molecule has 0 aliphatic rings. The van der Waals surface area contributed by atoms with E-state index in [1.807, 2.05) is 21.1 Å². The van der Waals surface area contributed by atoms with Crippen molar-refractivity contribution >= 4 is 19.8 Å². The Balaban J connectivity index is 3.90. The summed E-state index contributed by atoms with van der Waals surface area (Å²) >= 11 is 0. The van der Waals surface area contributed by atoms with E-state index in [4.69, 9.17) is 18.5 Å². The van der Waals surface area contributed by atoms with Crippen LogP contribution in [0.4, 0.5) is 0 Å². The molecule has 0 aliphatic heterocycles. The number of unbranched alkanes of at least 4 members (excludes halogenated alkanes) is 53. The number of likely N-dealkylation sites (N-methyl/N-ethyl adjacent to an activating group) is 1. The van der Waals surface area contributed by atoms with E-state index >= 15 is 0 Å². The van der Waals surface area contributed by atoms with Gasteiger partial charge < -0.3 is 27.9 Å². The van der Waals surface area contributed by atoms with Gasteiger partial charge in [0.2, 0.25) is 0 Å². The van der Waals surface area contributed by atoms with E-state index in [0.717, 1.165) is 64.2 Å². The van der Waals surface area contributed by atoms with Crippen LogP contribution in [0.5, 0.6) is 0 Å². The van der Waals surface area contributed by atoms with Crippen LogP contribution in [0.1, 0.15) is 412 Å². The Morgan fingerprint density at radius 1 is 0.340 bits per heavy atom. The van der Waals surface area contributed by atoms with Gasteiger partial charge in [0.1, 0.15) is 19.8 Å². The molecular weight excluding hydrogens is 1180 g/mol. The molecule has 0 aromatic carbocycles. The molecule has 0 aromatic heterocycles. The summed E-state index contributed by atoms with van der Waals surface area (Å²) in [5.74, 6) is -0.809. The van der Waals surface area contributed by atoms with E-state index in [-0.39, 0.29) is 32.0 Å². The van der Waals surface area contributed by atoms with Gasteiger partial charge in [-0.15, -0.1) is 0 Å². The summed E-state index contributed by atoms with van der Waals surface area (Å²) in [5.41, 5.74) is 0. The number of ether oxygens (including phenoxy) is 2. The first-order valence-electron chi connectivity index (χ1n) is 41.0. The monoisotopic (exact) mass is 1340 g/mol. The third kappa shape index (κ3) is 78.7. The molecule has 10 heteroatoms. The van der Waals surface area contributed by atoms with Crippen LogP contribution in [0.15, 0.2) is 60.8 Å². The van der Waals surface area contributed by atoms with Crippen molar-refractivity contribution in [3.05, 3.63) is 60.8 Å². The van der Waals surface area contributed by atoms with Crippen LogP contribution in [-0.4, -0.2) is 70.0 Å². The van der Waals surface area contributed by atoms with Crippen molar-refractivity contribution in [2.24, 2.45) is 0 Å². The fraction of sp³-hybridized carbons (Fsp3) is 0.857. The molecule has 0 saturated heterocycles. The predicted molar refractivity (Wildman–Crippen MR) is 407 cm³/mol. The molecule has 0 rings (SSSR count). The summed E-state index contributed by atoms with van der Waals surface area (Å²) in [7, 11) is 1.19. The molecule has 94 heavy (non-hydrogen) atoms. The van der Waals surface area contributed by atoms with E-state index in [2.05, 4.69) is 74.6 Å². The second kappa shape index (κ2) is 74.9. The Labute approximate surface area is 585 Å². The summed E-state index contributed by atoms with van der Waals surface area (Å²) in [6.45, 7) is 4.21. The molecule has 0 fully saturated rings. The van der Waals surface area contributed by atoms with Gasteiger partial charge in [-0.2, -0.15) is 0 Å². The molecule has 0 bridgehead atoms. The zero-order valence-electron chi connectivity index (χ0n) is 63.2. The molecule has 0 aliphatic carbocycles. The topological polar surface area (TPSA) is 111 Å². The SMILES string of the molecule is CC/C=C\C/C=C\C/C=C\C/C=C\C/C=C\CCCCCCCCCCCCCCCCCCCCCC(=O)OC(COC(=O)CCCCCCCCCCCCCCCCCCCCCCCCCCCCCCCCCCCCC)COP(=O)([O-])OCC[N+](C)(C)C.